The molecule has 1 aromatic carbocycles. The zero-order valence-electron chi connectivity index (χ0n) is 14.2. The first kappa shape index (κ1) is 16.3. The van der Waals surface area contributed by atoms with Crippen molar-refractivity contribution in [1.29, 1.82) is 0 Å². The van der Waals surface area contributed by atoms with Crippen LogP contribution in [0.2, 0.25) is 0 Å². The average Bonchev–Trinajstić information content (AvgIpc) is 3.47. The maximum absolute atomic E-state index is 14.5. The number of hydrogen-bond acceptors (Lipinski definition) is 5. The second-order valence-electron chi connectivity index (χ2n) is 6.93. The van der Waals surface area contributed by atoms with E-state index in [0.717, 1.165) is 17.2 Å². The van der Waals surface area contributed by atoms with Crippen LogP contribution in [0.4, 0.5) is 15.9 Å². The molecule has 0 bridgehead atoms. The number of aliphatic hydroxyl groups is 1. The van der Waals surface area contributed by atoms with Crippen molar-refractivity contribution in [2.24, 2.45) is 0 Å². The van der Waals surface area contributed by atoms with Crippen LogP contribution in [0.15, 0.2) is 30.5 Å². The number of piperidine rings is 1. The molecule has 6 heteroatoms. The molecule has 2 aromatic rings. The van der Waals surface area contributed by atoms with E-state index in [1.165, 1.54) is 12.8 Å². The number of rotatable bonds is 5. The Morgan fingerprint density at radius 3 is 2.68 bits per heavy atom. The maximum Gasteiger partial charge on any atom is 0.146 e. The lowest BCUT2D eigenvalue weighted by atomic mass is 10.1. The highest BCUT2D eigenvalue weighted by Gasteiger charge is 2.26. The van der Waals surface area contributed by atoms with E-state index >= 15 is 0 Å². The third kappa shape index (κ3) is 3.90. The van der Waals surface area contributed by atoms with Crippen LogP contribution in [-0.2, 0) is 6.54 Å². The van der Waals surface area contributed by atoms with Gasteiger partial charge in [0.05, 0.1) is 11.8 Å². The number of aliphatic hydroxyl groups excluding tert-OH is 1. The molecule has 2 aliphatic rings. The molecule has 5 nitrogen and oxygen atoms in total. The largest absolute Gasteiger partial charge is 0.393 e. The summed E-state index contributed by atoms with van der Waals surface area (Å²) in [6, 6.07) is 7.20. The van der Waals surface area contributed by atoms with Gasteiger partial charge in [-0.3, -0.25) is 0 Å². The van der Waals surface area contributed by atoms with Gasteiger partial charge in [0.1, 0.15) is 17.5 Å². The minimum absolute atomic E-state index is 0.211. The molecule has 2 N–H and O–H groups in total. The smallest absolute Gasteiger partial charge is 0.146 e. The molecule has 132 valence electrons. The molecule has 4 rings (SSSR count). The summed E-state index contributed by atoms with van der Waals surface area (Å²) in [7, 11) is 0. The number of anilines is 2. The van der Waals surface area contributed by atoms with Crippen LogP contribution in [0.25, 0.3) is 0 Å². The van der Waals surface area contributed by atoms with E-state index in [4.69, 9.17) is 0 Å². The Hall–Kier alpha value is -2.21. The van der Waals surface area contributed by atoms with Crippen molar-refractivity contribution >= 4 is 11.5 Å². The summed E-state index contributed by atoms with van der Waals surface area (Å²) in [5.74, 6) is 1.99. The van der Waals surface area contributed by atoms with Gasteiger partial charge < -0.3 is 15.3 Å². The Morgan fingerprint density at radius 1 is 1.16 bits per heavy atom. The average molecular weight is 342 g/mol. The molecule has 0 spiro atoms. The molecule has 1 saturated carbocycles. The molecular weight excluding hydrogens is 319 g/mol. The number of hydrogen-bond donors (Lipinski definition) is 2. The molecule has 2 heterocycles. The van der Waals surface area contributed by atoms with Gasteiger partial charge in [-0.2, -0.15) is 0 Å². The maximum atomic E-state index is 14.5. The number of halogens is 1. The van der Waals surface area contributed by atoms with Gasteiger partial charge in [0.15, 0.2) is 0 Å². The highest BCUT2D eigenvalue weighted by Crippen LogP contribution is 2.38. The summed E-state index contributed by atoms with van der Waals surface area (Å²) < 4.78 is 14.5. The zero-order chi connectivity index (χ0) is 17.2. The van der Waals surface area contributed by atoms with Crippen LogP contribution in [-0.4, -0.2) is 34.3 Å². The number of aromatic nitrogens is 2. The molecule has 0 radical (unpaired) electrons. The number of nitrogens with one attached hydrogen (secondary N) is 1. The van der Waals surface area contributed by atoms with Crippen LogP contribution in [0.3, 0.4) is 0 Å². The fourth-order valence-corrected chi connectivity index (χ4v) is 3.23. The van der Waals surface area contributed by atoms with E-state index in [1.807, 2.05) is 23.1 Å². The van der Waals surface area contributed by atoms with Crippen LogP contribution < -0.4 is 10.2 Å². The van der Waals surface area contributed by atoms with E-state index in [1.54, 1.807) is 12.3 Å². The lowest BCUT2D eigenvalue weighted by molar-refractivity contribution is 0.145. The summed E-state index contributed by atoms with van der Waals surface area (Å²) in [5.41, 5.74) is 1.50. The van der Waals surface area contributed by atoms with Gasteiger partial charge in [-0.15, -0.1) is 0 Å². The Balaban J connectivity index is 1.39. The van der Waals surface area contributed by atoms with Gasteiger partial charge in [-0.05, 0) is 49.4 Å². The molecule has 0 unspecified atom stereocenters. The van der Waals surface area contributed by atoms with Crippen molar-refractivity contribution in [3.63, 3.8) is 0 Å². The highest BCUT2D eigenvalue weighted by molar-refractivity contribution is 5.50. The Labute approximate surface area is 146 Å². The quantitative estimate of drug-likeness (QED) is 0.874. The monoisotopic (exact) mass is 342 g/mol. The summed E-state index contributed by atoms with van der Waals surface area (Å²) in [6.45, 7) is 1.91. The predicted octanol–water partition coefficient (Wildman–Crippen LogP) is 3.07. The molecular formula is C19H23FN4O. The fraction of sp³-hybridized carbons (Fsp3) is 0.474. The van der Waals surface area contributed by atoms with Crippen molar-refractivity contribution in [2.75, 3.05) is 23.3 Å². The topological polar surface area (TPSA) is 61.3 Å². The second-order valence-corrected chi connectivity index (χ2v) is 6.93. The van der Waals surface area contributed by atoms with E-state index in [0.29, 0.717) is 44.1 Å². The van der Waals surface area contributed by atoms with Crippen LogP contribution in [0.1, 0.15) is 43.0 Å². The van der Waals surface area contributed by atoms with E-state index in [-0.39, 0.29) is 11.9 Å². The van der Waals surface area contributed by atoms with Gasteiger partial charge in [0, 0.05) is 31.7 Å². The minimum Gasteiger partial charge on any atom is -0.393 e. The Bertz CT molecular complexity index is 742. The minimum atomic E-state index is -0.254. The predicted molar refractivity (Wildman–Crippen MR) is 95.2 cm³/mol. The first-order chi connectivity index (χ1) is 12.2. The van der Waals surface area contributed by atoms with Crippen molar-refractivity contribution in [1.82, 2.24) is 9.97 Å². The normalized spacial score (nSPS) is 18.4. The fourth-order valence-electron chi connectivity index (χ4n) is 3.23. The van der Waals surface area contributed by atoms with Crippen molar-refractivity contribution in [3.05, 3.63) is 47.7 Å². The highest BCUT2D eigenvalue weighted by atomic mass is 19.1. The van der Waals surface area contributed by atoms with Crippen molar-refractivity contribution in [2.45, 2.75) is 44.2 Å². The van der Waals surface area contributed by atoms with Crippen molar-refractivity contribution < 1.29 is 9.50 Å². The van der Waals surface area contributed by atoms with Crippen LogP contribution in [0, 0.1) is 5.82 Å². The van der Waals surface area contributed by atoms with Gasteiger partial charge in [-0.25, -0.2) is 14.4 Å². The zero-order valence-corrected chi connectivity index (χ0v) is 14.2. The Morgan fingerprint density at radius 2 is 1.96 bits per heavy atom. The molecule has 1 aliphatic carbocycles. The second kappa shape index (κ2) is 6.96. The first-order valence-electron chi connectivity index (χ1n) is 8.97. The molecule has 0 amide bonds. The van der Waals surface area contributed by atoms with Gasteiger partial charge in [0.25, 0.3) is 0 Å². The summed E-state index contributed by atoms with van der Waals surface area (Å²) in [6.07, 6.45) is 5.25. The first-order valence-corrected chi connectivity index (χ1v) is 8.97. The molecule has 0 atom stereocenters. The molecule has 1 saturated heterocycles. The summed E-state index contributed by atoms with van der Waals surface area (Å²) in [5, 5.41) is 12.8. The third-order valence-electron chi connectivity index (χ3n) is 4.91. The summed E-state index contributed by atoms with van der Waals surface area (Å²) >= 11 is 0. The van der Waals surface area contributed by atoms with Crippen LogP contribution in [0.5, 0.6) is 0 Å². The SMILES string of the molecule is OC1CCN(c2ccc(CNc3ccnc(C4CC4)n3)cc2F)CC1. The third-order valence-corrected chi connectivity index (χ3v) is 4.91. The van der Waals surface area contributed by atoms with E-state index in [9.17, 15) is 9.50 Å². The molecule has 25 heavy (non-hydrogen) atoms. The molecule has 1 aliphatic heterocycles. The molecule has 1 aromatic heterocycles. The van der Waals surface area contributed by atoms with Gasteiger partial charge in [-0.1, -0.05) is 6.07 Å². The number of nitrogens with zero attached hydrogens (tertiary/aromatic N) is 3. The van der Waals surface area contributed by atoms with Gasteiger partial charge in [0.2, 0.25) is 0 Å². The number of benzene rings is 1. The van der Waals surface area contributed by atoms with E-state index < -0.39 is 0 Å². The van der Waals surface area contributed by atoms with Crippen LogP contribution >= 0.6 is 0 Å². The lowest BCUT2D eigenvalue weighted by Crippen LogP contribution is -2.36. The lowest BCUT2D eigenvalue weighted by Gasteiger charge is -2.31. The van der Waals surface area contributed by atoms with Gasteiger partial charge >= 0.3 is 0 Å². The van der Waals surface area contributed by atoms with E-state index in [2.05, 4.69) is 15.3 Å². The molecule has 2 fully saturated rings. The summed E-state index contributed by atoms with van der Waals surface area (Å²) in [4.78, 5) is 10.8. The Kier molecular flexibility index (Phi) is 4.53. The standard InChI is InChI=1S/C19H23FN4O/c20-16-11-13(1-4-17(16)24-9-6-15(25)7-10-24)12-22-18-5-8-21-19(23-18)14-2-3-14/h1,4-5,8,11,14-15,25H,2-3,6-7,9-10,12H2,(H,21,22,23). The van der Waals surface area contributed by atoms with Crippen molar-refractivity contribution in [3.8, 4) is 0 Å².